The van der Waals surface area contributed by atoms with Gasteiger partial charge in [-0.25, -0.2) is 0 Å². The number of carbonyl (C=O) groups is 1. The zero-order chi connectivity index (χ0) is 13.0. The quantitative estimate of drug-likeness (QED) is 0.813. The Kier molecular flexibility index (Phi) is 5.01. The van der Waals surface area contributed by atoms with Crippen molar-refractivity contribution in [2.45, 2.75) is 39.2 Å². The highest BCUT2D eigenvalue weighted by Gasteiger charge is 2.24. The minimum absolute atomic E-state index is 0.380. The van der Waals surface area contributed by atoms with Gasteiger partial charge in [0.15, 0.2) is 0 Å². The van der Waals surface area contributed by atoms with Crippen molar-refractivity contribution in [1.29, 1.82) is 0 Å². The predicted octanol–water partition coefficient (Wildman–Crippen LogP) is 0.929. The monoisotopic (exact) mass is 253 g/mol. The molecule has 0 aliphatic carbocycles. The highest BCUT2D eigenvalue weighted by atomic mass is 16.2. The van der Waals surface area contributed by atoms with Crippen LogP contribution in [0.3, 0.4) is 0 Å². The van der Waals surface area contributed by atoms with Gasteiger partial charge in [0, 0.05) is 38.6 Å². The molecule has 0 aromatic rings. The lowest BCUT2D eigenvalue weighted by Crippen LogP contribution is -2.51. The molecule has 1 amide bonds. The third kappa shape index (κ3) is 3.69. The topological polar surface area (TPSA) is 35.6 Å². The molecule has 1 N–H and O–H groups in total. The van der Waals surface area contributed by atoms with E-state index >= 15 is 0 Å². The summed E-state index contributed by atoms with van der Waals surface area (Å²) in [6, 6.07) is 0.603. The fourth-order valence-corrected chi connectivity index (χ4v) is 2.95. The normalized spacial score (nSPS) is 23.6. The van der Waals surface area contributed by atoms with Crippen LogP contribution in [0.4, 0.5) is 0 Å². The molecule has 0 spiro atoms. The first-order valence-electron chi connectivity index (χ1n) is 7.39. The number of carbonyl (C=O) groups excluding carboxylic acids is 1. The molecule has 104 valence electrons. The van der Waals surface area contributed by atoms with Crippen molar-refractivity contribution in [3.63, 3.8) is 0 Å². The van der Waals surface area contributed by atoms with E-state index in [1.807, 2.05) is 0 Å². The molecule has 0 saturated carbocycles. The molecule has 4 nitrogen and oxygen atoms in total. The second-order valence-electron chi connectivity index (χ2n) is 5.91. The van der Waals surface area contributed by atoms with E-state index in [1.165, 1.54) is 0 Å². The number of nitrogens with zero attached hydrogens (tertiary/aromatic N) is 2. The first kappa shape index (κ1) is 13.8. The summed E-state index contributed by atoms with van der Waals surface area (Å²) in [7, 11) is 0. The van der Waals surface area contributed by atoms with Crippen LogP contribution >= 0.6 is 0 Å². The van der Waals surface area contributed by atoms with Crippen LogP contribution in [0, 0.1) is 5.92 Å². The molecule has 2 saturated heterocycles. The molecule has 4 heteroatoms. The van der Waals surface area contributed by atoms with Crippen molar-refractivity contribution >= 4 is 5.91 Å². The maximum atomic E-state index is 12.2. The van der Waals surface area contributed by atoms with Gasteiger partial charge in [-0.05, 0) is 45.7 Å². The number of piperazine rings is 1. The average molecular weight is 253 g/mol. The van der Waals surface area contributed by atoms with Gasteiger partial charge in [-0.3, -0.25) is 9.69 Å². The fourth-order valence-electron chi connectivity index (χ4n) is 2.95. The number of nitrogens with one attached hydrogen (secondary N) is 1. The molecule has 0 aromatic heterocycles. The van der Waals surface area contributed by atoms with Crippen LogP contribution in [0.15, 0.2) is 0 Å². The van der Waals surface area contributed by atoms with E-state index in [2.05, 4.69) is 29.0 Å². The molecule has 2 heterocycles. The molecule has 2 aliphatic rings. The number of amides is 1. The lowest BCUT2D eigenvalue weighted by molar-refractivity contribution is -0.134. The van der Waals surface area contributed by atoms with Crippen LogP contribution in [0.5, 0.6) is 0 Å². The Morgan fingerprint density at radius 1 is 1.17 bits per heavy atom. The summed E-state index contributed by atoms with van der Waals surface area (Å²) in [4.78, 5) is 16.8. The van der Waals surface area contributed by atoms with Gasteiger partial charge in [0.05, 0.1) is 0 Å². The van der Waals surface area contributed by atoms with Gasteiger partial charge in [-0.1, -0.05) is 0 Å². The van der Waals surface area contributed by atoms with Crippen LogP contribution in [0.25, 0.3) is 0 Å². The van der Waals surface area contributed by atoms with E-state index in [1.54, 1.807) is 0 Å². The van der Waals surface area contributed by atoms with E-state index in [0.717, 1.165) is 58.5 Å². The van der Waals surface area contributed by atoms with Gasteiger partial charge in [0.25, 0.3) is 0 Å². The third-order valence-electron chi connectivity index (χ3n) is 4.32. The molecule has 0 radical (unpaired) electrons. The second-order valence-corrected chi connectivity index (χ2v) is 5.91. The maximum absolute atomic E-state index is 12.2. The minimum Gasteiger partial charge on any atom is -0.340 e. The second kappa shape index (κ2) is 6.53. The lowest BCUT2D eigenvalue weighted by Gasteiger charge is -2.37. The van der Waals surface area contributed by atoms with E-state index in [4.69, 9.17) is 0 Å². The standard InChI is InChI=1S/C14H27N3O/c1-12(2)16-7-9-17(10-8-16)14(18)11-13-3-5-15-6-4-13/h12-13,15H,3-11H2,1-2H3. The highest BCUT2D eigenvalue weighted by molar-refractivity contribution is 5.76. The molecule has 0 unspecified atom stereocenters. The summed E-state index contributed by atoms with van der Waals surface area (Å²) in [5.41, 5.74) is 0. The van der Waals surface area contributed by atoms with Gasteiger partial charge in [-0.15, -0.1) is 0 Å². The van der Waals surface area contributed by atoms with Crippen LogP contribution in [-0.2, 0) is 4.79 Å². The number of hydrogen-bond donors (Lipinski definition) is 1. The molecular weight excluding hydrogens is 226 g/mol. The lowest BCUT2D eigenvalue weighted by atomic mass is 9.94. The molecule has 2 aliphatic heterocycles. The van der Waals surface area contributed by atoms with Crippen molar-refractivity contribution in [3.8, 4) is 0 Å². The number of hydrogen-bond acceptors (Lipinski definition) is 3. The van der Waals surface area contributed by atoms with Gasteiger partial charge in [0.2, 0.25) is 5.91 Å². The zero-order valence-electron chi connectivity index (χ0n) is 11.8. The Morgan fingerprint density at radius 2 is 1.78 bits per heavy atom. The van der Waals surface area contributed by atoms with Crippen molar-refractivity contribution in [2.75, 3.05) is 39.3 Å². The van der Waals surface area contributed by atoms with Crippen LogP contribution in [-0.4, -0.2) is 61.0 Å². The Morgan fingerprint density at radius 3 is 2.33 bits per heavy atom. The highest BCUT2D eigenvalue weighted by Crippen LogP contribution is 2.18. The first-order chi connectivity index (χ1) is 8.66. The molecule has 0 bridgehead atoms. The largest absolute Gasteiger partial charge is 0.340 e. The van der Waals surface area contributed by atoms with E-state index < -0.39 is 0 Å². The molecule has 2 fully saturated rings. The van der Waals surface area contributed by atoms with Crippen molar-refractivity contribution in [3.05, 3.63) is 0 Å². The minimum atomic E-state index is 0.380. The first-order valence-corrected chi connectivity index (χ1v) is 7.39. The number of piperidine rings is 1. The molecule has 18 heavy (non-hydrogen) atoms. The van der Waals surface area contributed by atoms with Gasteiger partial charge in [-0.2, -0.15) is 0 Å². The van der Waals surface area contributed by atoms with E-state index in [9.17, 15) is 4.79 Å². The summed E-state index contributed by atoms with van der Waals surface area (Å²) >= 11 is 0. The van der Waals surface area contributed by atoms with Gasteiger partial charge in [0.1, 0.15) is 0 Å². The Bertz CT molecular complexity index is 266. The third-order valence-corrected chi connectivity index (χ3v) is 4.32. The summed E-state index contributed by atoms with van der Waals surface area (Å²) in [5.74, 6) is 0.993. The Balaban J connectivity index is 1.73. The predicted molar refractivity (Wildman–Crippen MR) is 73.5 cm³/mol. The van der Waals surface area contributed by atoms with E-state index in [-0.39, 0.29) is 0 Å². The van der Waals surface area contributed by atoms with Crippen molar-refractivity contribution < 1.29 is 4.79 Å². The summed E-state index contributed by atoms with van der Waals surface area (Å²) in [6.07, 6.45) is 3.10. The van der Waals surface area contributed by atoms with Crippen LogP contribution in [0.2, 0.25) is 0 Å². The summed E-state index contributed by atoms with van der Waals surface area (Å²) in [6.45, 7) is 10.5. The van der Waals surface area contributed by atoms with Gasteiger partial charge < -0.3 is 10.2 Å². The average Bonchev–Trinajstić information content (AvgIpc) is 2.40. The number of rotatable bonds is 3. The Labute approximate surface area is 111 Å². The SMILES string of the molecule is CC(C)N1CCN(C(=O)CC2CCNCC2)CC1. The Hall–Kier alpha value is -0.610. The van der Waals surface area contributed by atoms with Crippen LogP contribution in [0.1, 0.15) is 33.1 Å². The summed E-state index contributed by atoms with van der Waals surface area (Å²) < 4.78 is 0. The van der Waals surface area contributed by atoms with Crippen molar-refractivity contribution in [2.24, 2.45) is 5.92 Å². The van der Waals surface area contributed by atoms with Crippen LogP contribution < -0.4 is 5.32 Å². The molecule has 0 aromatic carbocycles. The maximum Gasteiger partial charge on any atom is 0.222 e. The molecule has 2 rings (SSSR count). The molecular formula is C14H27N3O. The molecule has 0 atom stereocenters. The zero-order valence-corrected chi connectivity index (χ0v) is 11.8. The van der Waals surface area contributed by atoms with Crippen molar-refractivity contribution in [1.82, 2.24) is 15.1 Å². The fraction of sp³-hybridized carbons (Fsp3) is 0.929. The van der Waals surface area contributed by atoms with E-state index in [0.29, 0.717) is 17.9 Å². The smallest absolute Gasteiger partial charge is 0.222 e. The van der Waals surface area contributed by atoms with Gasteiger partial charge >= 0.3 is 0 Å². The summed E-state index contributed by atoms with van der Waals surface area (Å²) in [5, 5.41) is 3.35.